The maximum Gasteiger partial charge on any atom is 0.401 e. The monoisotopic (exact) mass is 568 g/mol. The number of carbonyl (C=O) groups excluding carboxylic acids is 1. The number of anilines is 2. The minimum absolute atomic E-state index is 0.0706. The van der Waals surface area contributed by atoms with Gasteiger partial charge in [0.2, 0.25) is 5.95 Å². The van der Waals surface area contributed by atoms with Crippen molar-refractivity contribution in [2.24, 2.45) is 7.05 Å². The fourth-order valence-electron chi connectivity index (χ4n) is 4.69. The minimum atomic E-state index is -4.36. The third kappa shape index (κ3) is 6.88. The van der Waals surface area contributed by atoms with Gasteiger partial charge < -0.3 is 10.6 Å². The smallest absolute Gasteiger partial charge is 0.344 e. The second kappa shape index (κ2) is 10.9. The first-order chi connectivity index (χ1) is 19.3. The van der Waals surface area contributed by atoms with Gasteiger partial charge in [0.15, 0.2) is 5.69 Å². The highest BCUT2D eigenvalue weighted by Crippen LogP contribution is 2.32. The van der Waals surface area contributed by atoms with E-state index in [0.717, 1.165) is 11.3 Å². The standard InChI is InChI=1S/C27H31F3N10O/c1-26(2,3)40-15-23(36-37-40)24(41)34-22-8-10-39(16-27(28,29)30)13-18-11-17(5-6-20(18)22)21-7-9-31-25(35-21)33-19-12-32-38(4)14-19/h5-7,9,11-12,14-15,22H,8,10,13,16H2,1-4H3,(H,34,41)(H,31,33,35)/t22-/m1/s1. The summed E-state index contributed by atoms with van der Waals surface area (Å²) in [6, 6.07) is 6.74. The van der Waals surface area contributed by atoms with Crippen molar-refractivity contribution in [1.82, 2.24) is 45.0 Å². The van der Waals surface area contributed by atoms with Gasteiger partial charge in [0, 0.05) is 38.1 Å². The number of halogens is 3. The molecule has 5 rings (SSSR count). The quantitative estimate of drug-likeness (QED) is 0.355. The van der Waals surface area contributed by atoms with Crippen molar-refractivity contribution in [3.8, 4) is 11.3 Å². The summed E-state index contributed by atoms with van der Waals surface area (Å²) in [7, 11) is 1.80. The molecule has 0 saturated carbocycles. The molecule has 0 bridgehead atoms. The van der Waals surface area contributed by atoms with Gasteiger partial charge in [0.25, 0.3) is 5.91 Å². The van der Waals surface area contributed by atoms with Crippen LogP contribution in [0.5, 0.6) is 0 Å². The third-order valence-electron chi connectivity index (χ3n) is 6.68. The van der Waals surface area contributed by atoms with E-state index in [2.05, 4.69) is 36.0 Å². The predicted octanol–water partition coefficient (Wildman–Crippen LogP) is 4.21. The van der Waals surface area contributed by atoms with Crippen LogP contribution in [0.15, 0.2) is 49.1 Å². The SMILES string of the molecule is Cn1cc(Nc2nccc(-c3ccc4c(c3)CN(CC(F)(F)F)CC[C@H]4NC(=O)c3cn(C(C)(C)C)nn3)n2)cn1. The largest absolute Gasteiger partial charge is 0.401 e. The highest BCUT2D eigenvalue weighted by molar-refractivity contribution is 5.92. The lowest BCUT2D eigenvalue weighted by Gasteiger charge is -2.22. The Bertz CT molecular complexity index is 1540. The van der Waals surface area contributed by atoms with Crippen LogP contribution in [0.25, 0.3) is 11.3 Å². The summed E-state index contributed by atoms with van der Waals surface area (Å²) in [6.45, 7) is 4.98. The lowest BCUT2D eigenvalue weighted by Crippen LogP contribution is -2.35. The van der Waals surface area contributed by atoms with Crippen LogP contribution in [0.3, 0.4) is 0 Å². The fourth-order valence-corrected chi connectivity index (χ4v) is 4.69. The maximum atomic E-state index is 13.4. The van der Waals surface area contributed by atoms with Gasteiger partial charge in [-0.1, -0.05) is 17.3 Å². The van der Waals surface area contributed by atoms with Crippen molar-refractivity contribution < 1.29 is 18.0 Å². The van der Waals surface area contributed by atoms with Crippen molar-refractivity contribution in [3.63, 3.8) is 0 Å². The summed E-state index contributed by atoms with van der Waals surface area (Å²) >= 11 is 0. The van der Waals surface area contributed by atoms with Crippen molar-refractivity contribution in [2.75, 3.05) is 18.4 Å². The highest BCUT2D eigenvalue weighted by atomic mass is 19.4. The van der Waals surface area contributed by atoms with Crippen LogP contribution >= 0.6 is 0 Å². The van der Waals surface area contributed by atoms with Gasteiger partial charge in [0.05, 0.1) is 41.9 Å². The molecular formula is C27H31F3N10O. The number of fused-ring (bicyclic) bond motifs is 1. The molecule has 0 spiro atoms. The van der Waals surface area contributed by atoms with Gasteiger partial charge in [-0.05, 0) is 50.5 Å². The number of aromatic nitrogens is 7. The summed E-state index contributed by atoms with van der Waals surface area (Å²) in [5, 5.41) is 18.2. The Morgan fingerprint density at radius 1 is 1.15 bits per heavy atom. The maximum absolute atomic E-state index is 13.4. The van der Waals surface area contributed by atoms with E-state index in [9.17, 15) is 18.0 Å². The average Bonchev–Trinajstić information content (AvgIpc) is 3.52. The van der Waals surface area contributed by atoms with E-state index in [-0.39, 0.29) is 24.3 Å². The summed E-state index contributed by atoms with van der Waals surface area (Å²) in [5.74, 6) is -0.0794. The number of benzene rings is 1. The van der Waals surface area contributed by atoms with Gasteiger partial charge in [-0.15, -0.1) is 5.10 Å². The Labute approximate surface area is 234 Å². The summed E-state index contributed by atoms with van der Waals surface area (Å²) in [5.41, 5.74) is 3.24. The topological polar surface area (TPSA) is 119 Å². The van der Waals surface area contributed by atoms with E-state index in [0.29, 0.717) is 29.2 Å². The van der Waals surface area contributed by atoms with Crippen molar-refractivity contribution in [3.05, 3.63) is 65.9 Å². The number of hydrogen-bond donors (Lipinski definition) is 2. The first kappa shape index (κ1) is 28.2. The fraction of sp³-hybridized carbons (Fsp3) is 0.407. The molecule has 216 valence electrons. The number of carbonyl (C=O) groups is 1. The van der Waals surface area contributed by atoms with Gasteiger partial charge in [0.1, 0.15) is 0 Å². The molecule has 0 radical (unpaired) electrons. The highest BCUT2D eigenvalue weighted by Gasteiger charge is 2.33. The Hall–Kier alpha value is -4.33. The second-order valence-electron chi connectivity index (χ2n) is 11.1. The number of alkyl halides is 3. The number of rotatable bonds is 6. The van der Waals surface area contributed by atoms with Crippen molar-refractivity contribution in [2.45, 2.75) is 51.5 Å². The molecular weight excluding hydrogens is 537 g/mol. The van der Waals surface area contributed by atoms with Gasteiger partial charge in [-0.3, -0.25) is 14.4 Å². The van der Waals surface area contributed by atoms with E-state index >= 15 is 0 Å². The molecule has 1 amide bonds. The van der Waals surface area contributed by atoms with Crippen LogP contribution in [0.2, 0.25) is 0 Å². The second-order valence-corrected chi connectivity index (χ2v) is 11.1. The summed E-state index contributed by atoms with van der Waals surface area (Å²) < 4.78 is 43.4. The minimum Gasteiger partial charge on any atom is -0.344 e. The first-order valence-corrected chi connectivity index (χ1v) is 13.1. The van der Waals surface area contributed by atoms with Crippen LogP contribution < -0.4 is 10.6 Å². The third-order valence-corrected chi connectivity index (χ3v) is 6.68. The Balaban J connectivity index is 1.43. The van der Waals surface area contributed by atoms with Crippen LogP contribution in [0.1, 0.15) is 54.8 Å². The lowest BCUT2D eigenvalue weighted by atomic mass is 9.96. The first-order valence-electron chi connectivity index (χ1n) is 13.1. The molecule has 3 aromatic heterocycles. The van der Waals surface area contributed by atoms with E-state index < -0.39 is 24.7 Å². The summed E-state index contributed by atoms with van der Waals surface area (Å²) in [6.07, 6.45) is 2.55. The van der Waals surface area contributed by atoms with Gasteiger partial charge >= 0.3 is 6.18 Å². The van der Waals surface area contributed by atoms with E-state index in [4.69, 9.17) is 0 Å². The number of nitrogens with one attached hydrogen (secondary N) is 2. The van der Waals surface area contributed by atoms with Crippen LogP contribution in [0.4, 0.5) is 24.8 Å². The van der Waals surface area contributed by atoms with E-state index in [1.807, 2.05) is 39.0 Å². The predicted molar refractivity (Wildman–Crippen MR) is 145 cm³/mol. The van der Waals surface area contributed by atoms with Crippen molar-refractivity contribution >= 4 is 17.5 Å². The summed E-state index contributed by atoms with van der Waals surface area (Å²) in [4.78, 5) is 23.3. The van der Waals surface area contributed by atoms with E-state index in [1.54, 1.807) is 47.3 Å². The molecule has 14 heteroatoms. The zero-order chi connectivity index (χ0) is 29.4. The molecule has 1 atom stereocenters. The number of aryl methyl sites for hydroxylation is 1. The number of amides is 1. The van der Waals surface area contributed by atoms with Crippen LogP contribution in [0, 0.1) is 0 Å². The molecule has 0 saturated heterocycles. The molecule has 1 aromatic carbocycles. The molecule has 0 fully saturated rings. The van der Waals surface area contributed by atoms with Gasteiger partial charge in [-0.2, -0.15) is 18.3 Å². The van der Waals surface area contributed by atoms with Crippen molar-refractivity contribution in [1.29, 1.82) is 0 Å². The lowest BCUT2D eigenvalue weighted by molar-refractivity contribution is -0.147. The molecule has 0 aliphatic carbocycles. The average molecular weight is 569 g/mol. The number of nitrogens with zero attached hydrogens (tertiary/aromatic N) is 8. The van der Waals surface area contributed by atoms with Crippen LogP contribution in [-0.4, -0.2) is 64.8 Å². The van der Waals surface area contributed by atoms with Crippen LogP contribution in [-0.2, 0) is 19.1 Å². The van der Waals surface area contributed by atoms with Gasteiger partial charge in [-0.25, -0.2) is 14.6 Å². The molecule has 41 heavy (non-hydrogen) atoms. The Morgan fingerprint density at radius 2 is 1.95 bits per heavy atom. The normalized spacial score (nSPS) is 16.2. The zero-order valence-corrected chi connectivity index (χ0v) is 23.1. The molecule has 11 nitrogen and oxygen atoms in total. The Kier molecular flexibility index (Phi) is 7.51. The van der Waals surface area contributed by atoms with E-state index in [1.165, 1.54) is 4.90 Å². The zero-order valence-electron chi connectivity index (χ0n) is 23.1. The molecule has 4 aromatic rings. The molecule has 2 N–H and O–H groups in total. The molecule has 0 unspecified atom stereocenters. The Morgan fingerprint density at radius 3 is 2.63 bits per heavy atom. The number of hydrogen-bond acceptors (Lipinski definition) is 8. The molecule has 1 aliphatic heterocycles. The molecule has 4 heterocycles. The molecule has 1 aliphatic rings.